The Morgan fingerprint density at radius 3 is 2.11 bits per heavy atom. The van der Waals surface area contributed by atoms with Gasteiger partial charge in [-0.2, -0.15) is 0 Å². The molecule has 0 aliphatic heterocycles. The molecule has 4 aliphatic carbocycles. The lowest BCUT2D eigenvalue weighted by Crippen LogP contribution is -2.49. The standard InChI is InChI=1S/C39H68O3Si2/c1-27(16-23-35(40)30-18-19-30)33-21-22-34-29(15-14-24-39(33,34)9)17-20-31-25-32(41-43(10,11)37(3,4)5)26-36(28(31)2)42-44(12,13)38(6,7)8/h16-17,20,23,27,30,32-36,40H,2,14-15,18-19,21-22,24-26H2,1,3-13H3/b23-16?,29-17+,31-20-/t27-,32+,33-,34+,35+,36-,39-/m1/s1. The first kappa shape index (κ1) is 36.1. The Bertz CT molecular complexity index is 1130. The first-order valence-electron chi connectivity index (χ1n) is 18.0. The molecular weight excluding hydrogens is 573 g/mol. The van der Waals surface area contributed by atoms with Crippen LogP contribution in [0.2, 0.25) is 36.3 Å². The minimum Gasteiger partial charge on any atom is -0.413 e. The molecule has 0 aromatic rings. The fourth-order valence-electron chi connectivity index (χ4n) is 7.93. The molecule has 44 heavy (non-hydrogen) atoms. The van der Waals surface area contributed by atoms with Crippen LogP contribution >= 0.6 is 0 Å². The number of fused-ring (bicyclic) bond motifs is 1. The molecule has 0 unspecified atom stereocenters. The van der Waals surface area contributed by atoms with Crippen molar-refractivity contribution in [2.75, 3.05) is 0 Å². The molecule has 1 N–H and O–H groups in total. The summed E-state index contributed by atoms with van der Waals surface area (Å²) < 4.78 is 14.2. The van der Waals surface area contributed by atoms with Gasteiger partial charge in [-0.05, 0) is 128 Å². The van der Waals surface area contributed by atoms with Gasteiger partial charge in [-0.1, -0.05) is 91.8 Å². The van der Waals surface area contributed by atoms with E-state index < -0.39 is 16.6 Å². The normalized spacial score (nSPS) is 34.2. The van der Waals surface area contributed by atoms with E-state index in [0.717, 1.165) is 12.8 Å². The van der Waals surface area contributed by atoms with Crippen LogP contribution in [0.5, 0.6) is 0 Å². The summed E-state index contributed by atoms with van der Waals surface area (Å²) in [6.45, 7) is 33.2. The van der Waals surface area contributed by atoms with Crippen molar-refractivity contribution in [3.05, 3.63) is 47.6 Å². The highest BCUT2D eigenvalue weighted by Gasteiger charge is 2.50. The van der Waals surface area contributed by atoms with Gasteiger partial charge in [0, 0.05) is 6.42 Å². The van der Waals surface area contributed by atoms with E-state index in [9.17, 15) is 5.11 Å². The lowest BCUT2D eigenvalue weighted by molar-refractivity contribution is 0.0969. The fourth-order valence-corrected chi connectivity index (χ4v) is 10.6. The van der Waals surface area contributed by atoms with Crippen LogP contribution in [-0.2, 0) is 8.85 Å². The summed E-state index contributed by atoms with van der Waals surface area (Å²) in [4.78, 5) is 0. The lowest BCUT2D eigenvalue weighted by Gasteiger charge is -2.45. The SMILES string of the molecule is C=C1/C(=C\C=C2/CCC[C@]3(C)[C@@H]([C@H](C)C=C[C@H](O)C4CC4)CC[C@@H]23)C[C@H](O[Si](C)(C)C(C)(C)C)C[C@H]1O[Si](C)(C)C(C)(C)C. The van der Waals surface area contributed by atoms with Gasteiger partial charge in [-0.3, -0.25) is 0 Å². The van der Waals surface area contributed by atoms with Gasteiger partial charge in [0.25, 0.3) is 0 Å². The maximum Gasteiger partial charge on any atom is 0.192 e. The Hall–Kier alpha value is -0.726. The Labute approximate surface area is 274 Å². The Kier molecular flexibility index (Phi) is 10.7. The minimum absolute atomic E-state index is 0.0233. The number of allylic oxidation sites excluding steroid dienone is 4. The third-order valence-electron chi connectivity index (χ3n) is 13.1. The summed E-state index contributed by atoms with van der Waals surface area (Å²) >= 11 is 0. The molecule has 4 rings (SSSR count). The van der Waals surface area contributed by atoms with Crippen LogP contribution in [0.25, 0.3) is 0 Å². The number of hydrogen-bond donors (Lipinski definition) is 1. The van der Waals surface area contributed by atoms with Gasteiger partial charge in [0.1, 0.15) is 0 Å². The second-order valence-corrected chi connectivity index (χ2v) is 27.9. The zero-order valence-corrected chi connectivity index (χ0v) is 32.7. The lowest BCUT2D eigenvalue weighted by atomic mass is 9.61. The molecule has 0 bridgehead atoms. The van der Waals surface area contributed by atoms with Crippen LogP contribution in [0.4, 0.5) is 0 Å². The van der Waals surface area contributed by atoms with Crippen molar-refractivity contribution in [2.45, 2.75) is 168 Å². The topological polar surface area (TPSA) is 38.7 Å². The molecule has 0 spiro atoms. The predicted molar refractivity (Wildman–Crippen MR) is 194 cm³/mol. The van der Waals surface area contributed by atoms with Crippen LogP contribution in [0.3, 0.4) is 0 Å². The first-order valence-corrected chi connectivity index (χ1v) is 23.8. The van der Waals surface area contributed by atoms with Crippen molar-refractivity contribution in [1.82, 2.24) is 0 Å². The van der Waals surface area contributed by atoms with Crippen LogP contribution in [0.15, 0.2) is 47.6 Å². The van der Waals surface area contributed by atoms with Gasteiger partial charge >= 0.3 is 0 Å². The molecule has 4 fully saturated rings. The highest BCUT2D eigenvalue weighted by Crippen LogP contribution is 2.59. The summed E-state index contributed by atoms with van der Waals surface area (Å²) in [6, 6.07) is 0. The van der Waals surface area contributed by atoms with Gasteiger partial charge in [0.05, 0.1) is 18.3 Å². The van der Waals surface area contributed by atoms with Crippen molar-refractivity contribution in [3.63, 3.8) is 0 Å². The van der Waals surface area contributed by atoms with Crippen LogP contribution in [-0.4, -0.2) is 40.1 Å². The quantitative estimate of drug-likeness (QED) is 0.201. The van der Waals surface area contributed by atoms with E-state index in [1.54, 1.807) is 5.57 Å². The van der Waals surface area contributed by atoms with Gasteiger partial charge in [-0.25, -0.2) is 0 Å². The van der Waals surface area contributed by atoms with Crippen molar-refractivity contribution in [3.8, 4) is 0 Å². The summed E-state index contributed by atoms with van der Waals surface area (Å²) in [5.74, 6) is 2.35. The minimum atomic E-state index is -1.98. The van der Waals surface area contributed by atoms with E-state index in [1.165, 1.54) is 56.1 Å². The molecule has 250 valence electrons. The molecule has 0 saturated heterocycles. The van der Waals surface area contributed by atoms with Crippen molar-refractivity contribution in [1.29, 1.82) is 0 Å². The molecule has 7 atom stereocenters. The summed E-state index contributed by atoms with van der Waals surface area (Å²) in [5.41, 5.74) is 4.49. The maximum atomic E-state index is 10.5. The molecule has 5 heteroatoms. The van der Waals surface area contributed by atoms with E-state index in [2.05, 4.69) is 112 Å². The summed E-state index contributed by atoms with van der Waals surface area (Å²) in [6.07, 6.45) is 19.9. The Morgan fingerprint density at radius 1 is 0.909 bits per heavy atom. The van der Waals surface area contributed by atoms with Crippen molar-refractivity contribution >= 4 is 16.6 Å². The van der Waals surface area contributed by atoms with Gasteiger partial charge in [0.2, 0.25) is 0 Å². The van der Waals surface area contributed by atoms with E-state index in [0.29, 0.717) is 29.1 Å². The number of aliphatic hydroxyl groups excluding tert-OH is 1. The average molecular weight is 641 g/mol. The molecule has 4 saturated carbocycles. The first-order chi connectivity index (χ1) is 20.2. The average Bonchev–Trinajstić information content (AvgIpc) is 3.68. The van der Waals surface area contributed by atoms with Crippen LogP contribution in [0.1, 0.15) is 113 Å². The van der Waals surface area contributed by atoms with E-state index in [-0.39, 0.29) is 28.4 Å². The third-order valence-corrected chi connectivity index (χ3v) is 22.1. The van der Waals surface area contributed by atoms with Gasteiger partial charge in [-0.15, -0.1) is 0 Å². The highest BCUT2D eigenvalue weighted by atomic mass is 28.4. The molecular formula is C39H68O3Si2. The second kappa shape index (κ2) is 13.1. The number of hydrogen-bond acceptors (Lipinski definition) is 3. The molecule has 0 aromatic carbocycles. The molecule has 0 heterocycles. The maximum absolute atomic E-state index is 10.5. The van der Waals surface area contributed by atoms with Crippen LogP contribution < -0.4 is 0 Å². The second-order valence-electron chi connectivity index (χ2n) is 18.4. The van der Waals surface area contributed by atoms with Gasteiger partial charge < -0.3 is 14.0 Å². The zero-order valence-electron chi connectivity index (χ0n) is 30.7. The van der Waals surface area contributed by atoms with E-state index in [4.69, 9.17) is 8.85 Å². The zero-order chi connectivity index (χ0) is 32.9. The smallest absolute Gasteiger partial charge is 0.192 e. The van der Waals surface area contributed by atoms with Crippen LogP contribution in [0, 0.1) is 29.1 Å². The third kappa shape index (κ3) is 7.86. The number of rotatable bonds is 9. The Balaban J connectivity index is 1.57. The summed E-state index contributed by atoms with van der Waals surface area (Å²) in [7, 11) is -3.90. The van der Waals surface area contributed by atoms with Crippen molar-refractivity contribution in [2.24, 2.45) is 29.1 Å². The monoisotopic (exact) mass is 640 g/mol. The molecule has 0 aromatic heterocycles. The fraction of sp³-hybridized carbons (Fsp3) is 0.795. The molecule has 3 nitrogen and oxygen atoms in total. The predicted octanol–water partition coefficient (Wildman–Crippen LogP) is 11.1. The largest absolute Gasteiger partial charge is 0.413 e. The Morgan fingerprint density at radius 2 is 1.52 bits per heavy atom. The number of aliphatic hydroxyl groups is 1. The van der Waals surface area contributed by atoms with Crippen molar-refractivity contribution < 1.29 is 14.0 Å². The molecule has 0 amide bonds. The summed E-state index contributed by atoms with van der Waals surface area (Å²) in [5, 5.41) is 10.8. The molecule has 4 aliphatic rings. The highest BCUT2D eigenvalue weighted by molar-refractivity contribution is 6.74. The molecule has 0 radical (unpaired) electrons. The van der Waals surface area contributed by atoms with Gasteiger partial charge in [0.15, 0.2) is 16.6 Å². The van der Waals surface area contributed by atoms with E-state index in [1.807, 2.05) is 0 Å². The van der Waals surface area contributed by atoms with E-state index >= 15 is 0 Å².